The third kappa shape index (κ3) is 4.85. The average Bonchev–Trinajstić information content (AvgIpc) is 2.64. The molecule has 3 N–H and O–H groups in total. The van der Waals surface area contributed by atoms with Gasteiger partial charge in [0.05, 0.1) is 11.6 Å². The van der Waals surface area contributed by atoms with Crippen LogP contribution in [0.1, 0.15) is 42.6 Å². The Kier molecular flexibility index (Phi) is 6.78. The maximum Gasteiger partial charge on any atom is 0.307 e. The molecule has 0 aliphatic heterocycles. The number of aliphatic carboxylic acids is 1. The van der Waals surface area contributed by atoms with E-state index in [2.05, 4.69) is 5.32 Å². The van der Waals surface area contributed by atoms with Crippen LogP contribution in [-0.2, 0) is 11.3 Å². The number of carbonyl (C=O) groups excluding carboxylic acids is 1. The number of hydrogen-bond acceptors (Lipinski definition) is 4. The van der Waals surface area contributed by atoms with Crippen LogP contribution in [0.2, 0.25) is 0 Å². The lowest BCUT2D eigenvalue weighted by molar-refractivity contribution is -0.143. The lowest BCUT2D eigenvalue weighted by Gasteiger charge is -2.19. The van der Waals surface area contributed by atoms with Gasteiger partial charge in [0.25, 0.3) is 0 Å². The minimum Gasteiger partial charge on any atom is -0.506 e. The molecule has 0 heterocycles. The summed E-state index contributed by atoms with van der Waals surface area (Å²) in [5.41, 5.74) is 1.92. The Morgan fingerprint density at radius 1 is 1.12 bits per heavy atom. The van der Waals surface area contributed by atoms with Gasteiger partial charge in [-0.3, -0.25) is 9.59 Å². The fraction of sp³-hybridized carbons (Fsp3) is 0.333. The molecule has 2 atom stereocenters. The number of ketones is 1. The van der Waals surface area contributed by atoms with E-state index in [1.54, 1.807) is 19.1 Å². The quantitative estimate of drug-likeness (QED) is 0.460. The van der Waals surface area contributed by atoms with E-state index in [0.29, 0.717) is 30.6 Å². The molecule has 0 saturated heterocycles. The second-order valence-corrected chi connectivity index (χ2v) is 6.46. The molecule has 0 aliphatic carbocycles. The third-order valence-corrected chi connectivity index (χ3v) is 4.54. The van der Waals surface area contributed by atoms with E-state index in [9.17, 15) is 19.8 Å². The number of carboxylic acids is 1. The van der Waals surface area contributed by atoms with E-state index in [-0.39, 0.29) is 11.5 Å². The van der Waals surface area contributed by atoms with Crippen molar-refractivity contribution < 1.29 is 19.8 Å². The Morgan fingerprint density at radius 3 is 2.38 bits per heavy atom. The molecule has 138 valence electrons. The largest absolute Gasteiger partial charge is 0.506 e. The number of phenols is 1. The van der Waals surface area contributed by atoms with Crippen molar-refractivity contribution in [2.75, 3.05) is 5.32 Å². The van der Waals surface area contributed by atoms with Crippen molar-refractivity contribution in [2.24, 2.45) is 11.8 Å². The van der Waals surface area contributed by atoms with Crippen molar-refractivity contribution in [1.82, 2.24) is 0 Å². The normalized spacial score (nSPS) is 13.0. The number of phenolic OH excluding ortho intramolecular Hbond substituents is 1. The average molecular weight is 355 g/mol. The number of carboxylic acid groups (broad SMARTS) is 1. The van der Waals surface area contributed by atoms with E-state index < -0.39 is 17.8 Å². The van der Waals surface area contributed by atoms with Gasteiger partial charge >= 0.3 is 5.97 Å². The van der Waals surface area contributed by atoms with Crippen LogP contribution in [0.15, 0.2) is 48.5 Å². The molecule has 26 heavy (non-hydrogen) atoms. The van der Waals surface area contributed by atoms with E-state index >= 15 is 0 Å². The van der Waals surface area contributed by atoms with Gasteiger partial charge in [-0.2, -0.15) is 0 Å². The minimum atomic E-state index is -0.960. The summed E-state index contributed by atoms with van der Waals surface area (Å²) >= 11 is 0. The van der Waals surface area contributed by atoms with E-state index in [0.717, 1.165) is 5.56 Å². The van der Waals surface area contributed by atoms with Gasteiger partial charge in [0, 0.05) is 18.0 Å². The summed E-state index contributed by atoms with van der Waals surface area (Å²) in [5, 5.41) is 22.7. The van der Waals surface area contributed by atoms with Crippen molar-refractivity contribution in [3.05, 3.63) is 59.7 Å². The van der Waals surface area contributed by atoms with Crippen molar-refractivity contribution in [3.8, 4) is 5.75 Å². The van der Waals surface area contributed by atoms with Gasteiger partial charge in [-0.05, 0) is 30.2 Å². The van der Waals surface area contributed by atoms with Gasteiger partial charge in [0.1, 0.15) is 5.75 Å². The summed E-state index contributed by atoms with van der Waals surface area (Å²) in [6, 6.07) is 14.4. The second-order valence-electron chi connectivity index (χ2n) is 6.46. The first-order valence-electron chi connectivity index (χ1n) is 8.81. The summed E-state index contributed by atoms with van der Waals surface area (Å²) in [4.78, 5) is 24.0. The zero-order chi connectivity index (χ0) is 19.1. The van der Waals surface area contributed by atoms with Crippen LogP contribution in [0.4, 0.5) is 5.69 Å². The molecule has 0 spiro atoms. The standard InChI is InChI=1S/C21H25NO4/c1-3-7-17(21(25)26)14(2)20(24)16-10-11-18(19(23)12-16)22-13-15-8-5-4-6-9-15/h4-6,8-12,14,17,22-23H,3,7,13H2,1-2H3,(H,25,26). The molecular formula is C21H25NO4. The van der Waals surface area contributed by atoms with Gasteiger partial charge in [-0.25, -0.2) is 0 Å². The fourth-order valence-corrected chi connectivity index (χ4v) is 2.97. The monoisotopic (exact) mass is 355 g/mol. The van der Waals surface area contributed by atoms with Gasteiger partial charge in [-0.15, -0.1) is 0 Å². The molecule has 2 rings (SSSR count). The Morgan fingerprint density at radius 2 is 1.81 bits per heavy atom. The molecule has 0 bridgehead atoms. The summed E-state index contributed by atoms with van der Waals surface area (Å²) in [5.74, 6) is -2.62. The number of benzene rings is 2. The van der Waals surface area contributed by atoms with Crippen LogP contribution in [0.3, 0.4) is 0 Å². The first kappa shape index (κ1) is 19.5. The smallest absolute Gasteiger partial charge is 0.307 e. The molecule has 0 radical (unpaired) electrons. The number of nitrogens with one attached hydrogen (secondary N) is 1. The molecule has 5 nitrogen and oxygen atoms in total. The molecule has 0 aromatic heterocycles. The Hall–Kier alpha value is -2.82. The maximum absolute atomic E-state index is 12.6. The molecule has 0 aliphatic rings. The molecular weight excluding hydrogens is 330 g/mol. The van der Waals surface area contributed by atoms with Crippen molar-refractivity contribution in [1.29, 1.82) is 0 Å². The zero-order valence-corrected chi connectivity index (χ0v) is 15.1. The van der Waals surface area contributed by atoms with Crippen LogP contribution in [-0.4, -0.2) is 22.0 Å². The zero-order valence-electron chi connectivity index (χ0n) is 15.1. The van der Waals surface area contributed by atoms with E-state index in [1.807, 2.05) is 37.3 Å². The van der Waals surface area contributed by atoms with Crippen LogP contribution in [0.5, 0.6) is 5.75 Å². The summed E-state index contributed by atoms with van der Waals surface area (Å²) in [7, 11) is 0. The highest BCUT2D eigenvalue weighted by molar-refractivity contribution is 6.00. The maximum atomic E-state index is 12.6. The highest BCUT2D eigenvalue weighted by atomic mass is 16.4. The molecule has 5 heteroatoms. The summed E-state index contributed by atoms with van der Waals surface area (Å²) in [6.07, 6.45) is 1.15. The van der Waals surface area contributed by atoms with Gasteiger partial charge in [0.2, 0.25) is 0 Å². The molecule has 2 aromatic carbocycles. The van der Waals surface area contributed by atoms with Crippen LogP contribution >= 0.6 is 0 Å². The predicted octanol–water partition coefficient (Wildman–Crippen LogP) is 4.32. The topological polar surface area (TPSA) is 86.6 Å². The van der Waals surface area contributed by atoms with Crippen molar-refractivity contribution >= 4 is 17.4 Å². The van der Waals surface area contributed by atoms with Crippen LogP contribution in [0.25, 0.3) is 0 Å². The Labute approximate surface area is 153 Å². The number of anilines is 1. The van der Waals surface area contributed by atoms with Gasteiger partial charge < -0.3 is 15.5 Å². The Balaban J connectivity index is 2.10. The second kappa shape index (κ2) is 9.04. The van der Waals surface area contributed by atoms with Crippen molar-refractivity contribution in [2.45, 2.75) is 33.2 Å². The number of rotatable bonds is 9. The number of carbonyl (C=O) groups is 2. The minimum absolute atomic E-state index is 0.0265. The number of aromatic hydroxyl groups is 1. The number of hydrogen-bond donors (Lipinski definition) is 3. The third-order valence-electron chi connectivity index (χ3n) is 4.54. The van der Waals surface area contributed by atoms with Crippen LogP contribution in [0, 0.1) is 11.8 Å². The Bertz CT molecular complexity index is 758. The molecule has 2 unspecified atom stereocenters. The molecule has 0 fully saturated rings. The lowest BCUT2D eigenvalue weighted by atomic mass is 9.84. The molecule has 2 aromatic rings. The van der Waals surface area contributed by atoms with Gasteiger partial charge in [0.15, 0.2) is 5.78 Å². The van der Waals surface area contributed by atoms with Gasteiger partial charge in [-0.1, -0.05) is 50.6 Å². The number of Topliss-reactive ketones (excluding diaryl/α,β-unsaturated/α-hetero) is 1. The summed E-state index contributed by atoms with van der Waals surface area (Å²) in [6.45, 7) is 4.08. The van der Waals surface area contributed by atoms with E-state index in [4.69, 9.17) is 0 Å². The van der Waals surface area contributed by atoms with Crippen molar-refractivity contribution in [3.63, 3.8) is 0 Å². The lowest BCUT2D eigenvalue weighted by Crippen LogP contribution is -2.27. The first-order chi connectivity index (χ1) is 12.4. The fourth-order valence-electron chi connectivity index (χ4n) is 2.97. The van der Waals surface area contributed by atoms with Crippen LogP contribution < -0.4 is 5.32 Å². The SMILES string of the molecule is CCCC(C(=O)O)C(C)C(=O)c1ccc(NCc2ccccc2)c(O)c1. The molecule has 0 amide bonds. The molecule has 0 saturated carbocycles. The predicted molar refractivity (Wildman–Crippen MR) is 101 cm³/mol. The highest BCUT2D eigenvalue weighted by Gasteiger charge is 2.30. The first-order valence-corrected chi connectivity index (χ1v) is 8.81. The summed E-state index contributed by atoms with van der Waals surface area (Å²) < 4.78 is 0. The highest BCUT2D eigenvalue weighted by Crippen LogP contribution is 2.28. The van der Waals surface area contributed by atoms with E-state index in [1.165, 1.54) is 6.07 Å².